The van der Waals surface area contributed by atoms with Gasteiger partial charge in [-0.25, -0.2) is 14.2 Å². The third-order valence-electron chi connectivity index (χ3n) is 5.50. The van der Waals surface area contributed by atoms with Crippen molar-refractivity contribution in [2.24, 2.45) is 0 Å². The fraction of sp³-hybridized carbons (Fsp3) is 0.381. The zero-order valence-electron chi connectivity index (χ0n) is 17.2. The molecular formula is C21H22FN5O3S. The number of methoxy groups -OCH3 is 1. The van der Waals surface area contributed by atoms with Crippen LogP contribution < -0.4 is 10.4 Å². The normalized spacial score (nSPS) is 17.6. The predicted octanol–water partition coefficient (Wildman–Crippen LogP) is 2.52. The molecule has 0 amide bonds. The molecule has 0 unspecified atom stereocenters. The number of thiophene rings is 1. The summed E-state index contributed by atoms with van der Waals surface area (Å²) in [5.74, 6) is 0.0146. The zero-order chi connectivity index (χ0) is 21.5. The van der Waals surface area contributed by atoms with Crippen LogP contribution in [0.5, 0.6) is 5.75 Å². The molecule has 0 bridgehead atoms. The summed E-state index contributed by atoms with van der Waals surface area (Å²) in [6, 6.07) is 6.71. The van der Waals surface area contributed by atoms with Crippen LogP contribution in [0.2, 0.25) is 0 Å². The number of hydrogen-bond acceptors (Lipinski definition) is 7. The molecule has 1 aromatic carbocycles. The molecule has 1 aliphatic heterocycles. The van der Waals surface area contributed by atoms with Gasteiger partial charge in [0, 0.05) is 36.1 Å². The third-order valence-corrected chi connectivity index (χ3v) is 6.65. The summed E-state index contributed by atoms with van der Waals surface area (Å²) in [6.07, 6.45) is 1.57. The Hall–Kier alpha value is -2.82. The fourth-order valence-electron chi connectivity index (χ4n) is 3.98. The highest BCUT2D eigenvalue weighted by atomic mass is 32.1. The van der Waals surface area contributed by atoms with Crippen molar-refractivity contribution in [3.05, 3.63) is 57.3 Å². The Balaban J connectivity index is 1.58. The molecule has 4 heterocycles. The number of nitrogens with zero attached hydrogens (tertiary/aromatic N) is 5. The van der Waals surface area contributed by atoms with Crippen LogP contribution in [0.15, 0.2) is 35.4 Å². The maximum Gasteiger partial charge on any atom is 0.352 e. The van der Waals surface area contributed by atoms with Gasteiger partial charge in [-0.2, -0.15) is 9.61 Å². The molecule has 0 radical (unpaired) electrons. The van der Waals surface area contributed by atoms with E-state index in [4.69, 9.17) is 9.47 Å². The second-order valence-electron chi connectivity index (χ2n) is 7.67. The molecule has 3 aromatic heterocycles. The quantitative estimate of drug-likeness (QED) is 0.472. The van der Waals surface area contributed by atoms with Crippen molar-refractivity contribution in [2.75, 3.05) is 26.8 Å². The lowest BCUT2D eigenvalue weighted by Gasteiger charge is -2.30. The average Bonchev–Trinajstić information content (AvgIpc) is 3.39. The highest BCUT2D eigenvalue weighted by molar-refractivity contribution is 7.18. The Kier molecular flexibility index (Phi) is 5.20. The molecule has 1 saturated heterocycles. The van der Waals surface area contributed by atoms with Crippen LogP contribution in [0.25, 0.3) is 15.9 Å². The Morgan fingerprint density at radius 3 is 2.97 bits per heavy atom. The fourth-order valence-corrected chi connectivity index (χ4v) is 5.17. The molecule has 1 atom stereocenters. The van der Waals surface area contributed by atoms with Gasteiger partial charge in [-0.1, -0.05) is 6.07 Å². The number of aromatic nitrogens is 4. The summed E-state index contributed by atoms with van der Waals surface area (Å²) in [4.78, 5) is 21.6. The molecule has 8 nitrogen and oxygen atoms in total. The second-order valence-corrected chi connectivity index (χ2v) is 8.78. The molecule has 0 N–H and O–H groups in total. The van der Waals surface area contributed by atoms with E-state index in [-0.39, 0.29) is 18.3 Å². The van der Waals surface area contributed by atoms with E-state index in [0.29, 0.717) is 23.6 Å². The van der Waals surface area contributed by atoms with Crippen molar-refractivity contribution in [3.8, 4) is 5.75 Å². The summed E-state index contributed by atoms with van der Waals surface area (Å²) >= 11 is 1.54. The van der Waals surface area contributed by atoms with E-state index in [1.165, 1.54) is 35.4 Å². The lowest BCUT2D eigenvalue weighted by Crippen LogP contribution is -2.40. The van der Waals surface area contributed by atoms with E-state index in [9.17, 15) is 9.18 Å². The van der Waals surface area contributed by atoms with Crippen molar-refractivity contribution in [1.82, 2.24) is 24.1 Å². The van der Waals surface area contributed by atoms with Crippen LogP contribution in [0, 0.1) is 5.82 Å². The van der Waals surface area contributed by atoms with Crippen LogP contribution in [-0.2, 0) is 17.8 Å². The first kappa shape index (κ1) is 20.1. The molecule has 0 spiro atoms. The molecule has 162 valence electrons. The van der Waals surface area contributed by atoms with Gasteiger partial charge in [-0.05, 0) is 19.1 Å². The highest BCUT2D eigenvalue weighted by Crippen LogP contribution is 2.29. The lowest BCUT2D eigenvalue weighted by atomic mass is 10.2. The van der Waals surface area contributed by atoms with E-state index >= 15 is 0 Å². The van der Waals surface area contributed by atoms with Gasteiger partial charge in [-0.15, -0.1) is 11.3 Å². The van der Waals surface area contributed by atoms with Crippen LogP contribution >= 0.6 is 11.3 Å². The maximum absolute atomic E-state index is 14.6. The van der Waals surface area contributed by atoms with Gasteiger partial charge >= 0.3 is 5.69 Å². The van der Waals surface area contributed by atoms with Gasteiger partial charge in [0.2, 0.25) is 0 Å². The number of hydrogen-bond donors (Lipinski definition) is 0. The topological polar surface area (TPSA) is 73.9 Å². The minimum atomic E-state index is -0.419. The first-order chi connectivity index (χ1) is 15.0. The number of ether oxygens (including phenoxy) is 2. The molecule has 0 saturated carbocycles. The number of halogens is 1. The van der Waals surface area contributed by atoms with Gasteiger partial charge in [0.25, 0.3) is 0 Å². The summed E-state index contributed by atoms with van der Waals surface area (Å²) in [5.41, 5.74) is 0.577. The standard InChI is InChI=1S/C21H22FN5O3S/c1-13-9-25(5-6-30-13)11-16-8-17-19-23-12-24-27(19)21(28)26(20(17)31-16)10-14-3-4-15(29-2)7-18(14)22/h3-4,7-8,12-13H,5-6,9-11H2,1-2H3/t13-/m1/s1. The Bertz CT molecular complexity index is 1310. The van der Waals surface area contributed by atoms with Crippen LogP contribution in [0.4, 0.5) is 4.39 Å². The summed E-state index contributed by atoms with van der Waals surface area (Å²) in [7, 11) is 1.49. The van der Waals surface area contributed by atoms with Gasteiger partial charge in [-0.3, -0.25) is 9.47 Å². The van der Waals surface area contributed by atoms with Gasteiger partial charge in [0.05, 0.1) is 31.8 Å². The molecule has 1 fully saturated rings. The van der Waals surface area contributed by atoms with E-state index < -0.39 is 5.82 Å². The molecule has 4 aromatic rings. The van der Waals surface area contributed by atoms with E-state index in [1.807, 2.05) is 0 Å². The Morgan fingerprint density at radius 2 is 2.19 bits per heavy atom. The first-order valence-corrected chi connectivity index (χ1v) is 10.9. The van der Waals surface area contributed by atoms with Crippen LogP contribution in [-0.4, -0.2) is 57.0 Å². The third kappa shape index (κ3) is 3.71. The average molecular weight is 444 g/mol. The van der Waals surface area contributed by atoms with E-state index in [2.05, 4.69) is 28.0 Å². The molecular weight excluding hydrogens is 421 g/mol. The molecule has 5 rings (SSSR count). The largest absolute Gasteiger partial charge is 0.497 e. The Labute approximate surface area is 181 Å². The van der Waals surface area contributed by atoms with Gasteiger partial charge < -0.3 is 9.47 Å². The molecule has 0 aliphatic carbocycles. The van der Waals surface area contributed by atoms with Crippen molar-refractivity contribution < 1.29 is 13.9 Å². The Morgan fingerprint density at radius 1 is 1.32 bits per heavy atom. The smallest absolute Gasteiger partial charge is 0.352 e. The zero-order valence-corrected chi connectivity index (χ0v) is 18.1. The second kappa shape index (κ2) is 8.03. The monoisotopic (exact) mass is 443 g/mol. The summed E-state index contributed by atoms with van der Waals surface area (Å²) in [5, 5.41) is 4.93. The highest BCUT2D eigenvalue weighted by Gasteiger charge is 2.21. The van der Waals surface area contributed by atoms with E-state index in [1.54, 1.807) is 16.7 Å². The summed E-state index contributed by atoms with van der Waals surface area (Å²) < 4.78 is 28.2. The summed E-state index contributed by atoms with van der Waals surface area (Å²) in [6.45, 7) is 5.36. The SMILES string of the molecule is COc1ccc(Cn2c(=O)n3ncnc3c3cc(CN4CCO[C@H](C)C4)sc32)c(F)c1. The number of fused-ring (bicyclic) bond motifs is 3. The minimum Gasteiger partial charge on any atom is -0.497 e. The van der Waals surface area contributed by atoms with Crippen LogP contribution in [0.3, 0.4) is 0 Å². The predicted molar refractivity (Wildman–Crippen MR) is 115 cm³/mol. The lowest BCUT2D eigenvalue weighted by molar-refractivity contribution is -0.0208. The molecule has 1 aliphatic rings. The van der Waals surface area contributed by atoms with Crippen molar-refractivity contribution in [3.63, 3.8) is 0 Å². The van der Waals surface area contributed by atoms with Crippen molar-refractivity contribution in [2.45, 2.75) is 26.1 Å². The van der Waals surface area contributed by atoms with E-state index in [0.717, 1.165) is 34.7 Å². The first-order valence-electron chi connectivity index (χ1n) is 10.0. The number of benzene rings is 1. The molecule has 10 heteroatoms. The number of morpholine rings is 1. The number of rotatable bonds is 5. The molecule has 31 heavy (non-hydrogen) atoms. The van der Waals surface area contributed by atoms with Crippen LogP contribution in [0.1, 0.15) is 17.4 Å². The van der Waals surface area contributed by atoms with Crippen molar-refractivity contribution in [1.29, 1.82) is 0 Å². The minimum absolute atomic E-state index is 0.0928. The maximum atomic E-state index is 14.6. The van der Waals surface area contributed by atoms with Crippen molar-refractivity contribution >= 4 is 27.2 Å². The van der Waals surface area contributed by atoms with Gasteiger partial charge in [0.15, 0.2) is 5.65 Å². The van der Waals surface area contributed by atoms with Gasteiger partial charge in [0.1, 0.15) is 22.7 Å².